The minimum absolute atomic E-state index is 0.399. The molecule has 0 aromatic heterocycles. The fraction of sp³-hybridized carbons (Fsp3) is 0.750. The van der Waals surface area contributed by atoms with Crippen LogP contribution in [-0.4, -0.2) is 31.4 Å². The lowest BCUT2D eigenvalue weighted by atomic mass is 10.7. The maximum absolute atomic E-state index is 5.37. The molecule has 0 spiro atoms. The Hall–Kier alpha value is -0.770. The number of nitrogens with zero attached hydrogens (tertiary/aromatic N) is 2. The third-order valence-electron chi connectivity index (χ3n) is 0.994. The Bertz CT molecular complexity index is 112. The third kappa shape index (κ3) is 0.894. The zero-order valence-electron chi connectivity index (χ0n) is 4.79. The minimum Gasteiger partial charge on any atom is -0.370 e. The summed E-state index contributed by atoms with van der Waals surface area (Å²) < 4.78 is 4.91. The fourth-order valence-electron chi connectivity index (χ4n) is 0.476. The molecule has 8 heavy (non-hydrogen) atoms. The zero-order chi connectivity index (χ0) is 5.98. The van der Waals surface area contributed by atoms with Gasteiger partial charge in [-0.1, -0.05) is 0 Å². The van der Waals surface area contributed by atoms with Gasteiger partial charge < -0.3 is 15.4 Å². The number of nitrogens with two attached hydrogens (primary N) is 1. The highest BCUT2D eigenvalue weighted by atomic mass is 16.5. The normalized spacial score (nSPS) is 20.6. The SMILES string of the molecule is CN1COCN=C1N. The van der Waals surface area contributed by atoms with E-state index in [1.165, 1.54) is 0 Å². The summed E-state index contributed by atoms with van der Waals surface area (Å²) in [6.45, 7) is 0.950. The molecule has 0 aliphatic carbocycles. The van der Waals surface area contributed by atoms with Crippen molar-refractivity contribution in [2.75, 3.05) is 20.5 Å². The van der Waals surface area contributed by atoms with E-state index in [1.54, 1.807) is 4.90 Å². The molecule has 2 N–H and O–H groups in total. The van der Waals surface area contributed by atoms with Gasteiger partial charge in [0.15, 0.2) is 5.96 Å². The van der Waals surface area contributed by atoms with Crippen molar-refractivity contribution in [1.82, 2.24) is 4.90 Å². The molecule has 0 bridgehead atoms. The van der Waals surface area contributed by atoms with Gasteiger partial charge in [-0.05, 0) is 0 Å². The van der Waals surface area contributed by atoms with Crippen molar-refractivity contribution >= 4 is 5.96 Å². The predicted octanol–water partition coefficient (Wildman–Crippen LogP) is -0.822. The molecule has 0 amide bonds. The quantitative estimate of drug-likeness (QED) is 0.448. The number of hydrogen-bond donors (Lipinski definition) is 1. The molecule has 0 radical (unpaired) electrons. The van der Waals surface area contributed by atoms with Crippen molar-refractivity contribution in [1.29, 1.82) is 0 Å². The van der Waals surface area contributed by atoms with Crippen LogP contribution in [0.4, 0.5) is 0 Å². The van der Waals surface area contributed by atoms with Crippen molar-refractivity contribution in [3.63, 3.8) is 0 Å². The van der Waals surface area contributed by atoms with Crippen molar-refractivity contribution < 1.29 is 4.74 Å². The van der Waals surface area contributed by atoms with Gasteiger partial charge in [0.1, 0.15) is 13.5 Å². The lowest BCUT2D eigenvalue weighted by Gasteiger charge is -2.21. The van der Waals surface area contributed by atoms with Crippen LogP contribution < -0.4 is 5.73 Å². The van der Waals surface area contributed by atoms with E-state index in [1.807, 2.05) is 7.05 Å². The summed E-state index contributed by atoms with van der Waals surface area (Å²) in [5.74, 6) is 0.552. The number of ether oxygens (including phenoxy) is 1. The molecule has 1 aliphatic heterocycles. The fourth-order valence-corrected chi connectivity index (χ4v) is 0.476. The Balaban J connectivity index is 2.53. The van der Waals surface area contributed by atoms with Gasteiger partial charge in [0.25, 0.3) is 0 Å². The van der Waals surface area contributed by atoms with Gasteiger partial charge in [0.2, 0.25) is 0 Å². The largest absolute Gasteiger partial charge is 0.370 e. The molecule has 0 atom stereocenters. The molecule has 1 rings (SSSR count). The molecule has 1 heterocycles. The summed E-state index contributed by atoms with van der Waals surface area (Å²) in [6.07, 6.45) is 0. The van der Waals surface area contributed by atoms with E-state index in [9.17, 15) is 0 Å². The molecule has 0 unspecified atom stereocenters. The highest BCUT2D eigenvalue weighted by Crippen LogP contribution is 1.90. The van der Waals surface area contributed by atoms with Crippen LogP contribution in [0.15, 0.2) is 4.99 Å². The molecule has 46 valence electrons. The molecule has 1 aliphatic rings. The Labute approximate surface area is 47.9 Å². The second-order valence-electron chi connectivity index (χ2n) is 1.68. The average molecular weight is 115 g/mol. The maximum Gasteiger partial charge on any atom is 0.195 e. The predicted molar refractivity (Wildman–Crippen MR) is 30.2 cm³/mol. The minimum atomic E-state index is 0.399. The van der Waals surface area contributed by atoms with Crippen LogP contribution in [-0.2, 0) is 4.74 Å². The molecule has 0 saturated carbocycles. The van der Waals surface area contributed by atoms with E-state index >= 15 is 0 Å². The molecule has 0 aromatic rings. The van der Waals surface area contributed by atoms with Crippen molar-refractivity contribution in [3.8, 4) is 0 Å². The second-order valence-corrected chi connectivity index (χ2v) is 1.68. The molecule has 0 aromatic carbocycles. The first kappa shape index (κ1) is 5.37. The number of rotatable bonds is 0. The average Bonchev–Trinajstić information content (AvgIpc) is 1.77. The van der Waals surface area contributed by atoms with E-state index in [-0.39, 0.29) is 0 Å². The van der Waals surface area contributed by atoms with Crippen molar-refractivity contribution in [3.05, 3.63) is 0 Å². The highest BCUT2D eigenvalue weighted by molar-refractivity contribution is 5.77. The Morgan fingerprint density at radius 2 is 2.62 bits per heavy atom. The van der Waals surface area contributed by atoms with Crippen LogP contribution in [0.25, 0.3) is 0 Å². The Kier molecular flexibility index (Phi) is 1.34. The lowest BCUT2D eigenvalue weighted by Crippen LogP contribution is -2.39. The molecule has 0 fully saturated rings. The van der Waals surface area contributed by atoms with Crippen LogP contribution in [0.3, 0.4) is 0 Å². The molecular formula is C4H9N3O. The summed E-state index contributed by atoms with van der Waals surface area (Å²) in [5.41, 5.74) is 5.37. The van der Waals surface area contributed by atoms with Crippen molar-refractivity contribution in [2.24, 2.45) is 10.7 Å². The Morgan fingerprint density at radius 3 is 3.00 bits per heavy atom. The summed E-state index contributed by atoms with van der Waals surface area (Å²) in [6, 6.07) is 0. The molecule has 4 heteroatoms. The van der Waals surface area contributed by atoms with Gasteiger partial charge in [0.05, 0.1) is 0 Å². The summed E-state index contributed by atoms with van der Waals surface area (Å²) in [4.78, 5) is 5.55. The van der Waals surface area contributed by atoms with E-state index < -0.39 is 0 Å². The van der Waals surface area contributed by atoms with Gasteiger partial charge in [-0.2, -0.15) is 0 Å². The van der Waals surface area contributed by atoms with Crippen LogP contribution in [0, 0.1) is 0 Å². The van der Waals surface area contributed by atoms with E-state index in [2.05, 4.69) is 4.99 Å². The zero-order valence-corrected chi connectivity index (χ0v) is 4.79. The topological polar surface area (TPSA) is 50.8 Å². The summed E-state index contributed by atoms with van der Waals surface area (Å²) in [5, 5.41) is 0. The van der Waals surface area contributed by atoms with E-state index in [4.69, 9.17) is 10.5 Å². The van der Waals surface area contributed by atoms with E-state index in [0.29, 0.717) is 19.4 Å². The van der Waals surface area contributed by atoms with Gasteiger partial charge in [0, 0.05) is 7.05 Å². The lowest BCUT2D eigenvalue weighted by molar-refractivity contribution is 0.0645. The van der Waals surface area contributed by atoms with Crippen molar-refractivity contribution in [2.45, 2.75) is 0 Å². The first-order chi connectivity index (χ1) is 3.80. The Morgan fingerprint density at radius 1 is 1.88 bits per heavy atom. The first-order valence-corrected chi connectivity index (χ1v) is 2.39. The van der Waals surface area contributed by atoms with Gasteiger partial charge in [-0.3, -0.25) is 0 Å². The third-order valence-corrected chi connectivity index (χ3v) is 0.994. The molecule has 0 saturated heterocycles. The second kappa shape index (κ2) is 2.00. The standard InChI is InChI=1S/C4H9N3O/c1-7-3-8-2-6-4(7)5/h2-3H2,1H3,(H2,5,6). The van der Waals surface area contributed by atoms with Gasteiger partial charge in [-0.25, -0.2) is 4.99 Å². The van der Waals surface area contributed by atoms with Crippen LogP contribution in [0.1, 0.15) is 0 Å². The van der Waals surface area contributed by atoms with Gasteiger partial charge in [-0.15, -0.1) is 0 Å². The van der Waals surface area contributed by atoms with Crippen LogP contribution in [0.5, 0.6) is 0 Å². The number of hydrogen-bond acceptors (Lipinski definition) is 4. The summed E-state index contributed by atoms with van der Waals surface area (Å²) >= 11 is 0. The first-order valence-electron chi connectivity index (χ1n) is 2.39. The number of aliphatic imine (C=N–C) groups is 1. The van der Waals surface area contributed by atoms with Crippen LogP contribution in [0.2, 0.25) is 0 Å². The molecular weight excluding hydrogens is 106 g/mol. The smallest absolute Gasteiger partial charge is 0.195 e. The van der Waals surface area contributed by atoms with Gasteiger partial charge >= 0.3 is 0 Å². The number of guanidine groups is 1. The maximum atomic E-state index is 5.37. The van der Waals surface area contributed by atoms with Crippen LogP contribution >= 0.6 is 0 Å². The van der Waals surface area contributed by atoms with E-state index in [0.717, 1.165) is 0 Å². The summed E-state index contributed by atoms with van der Waals surface area (Å²) in [7, 11) is 1.83. The molecule has 4 nitrogen and oxygen atoms in total. The highest BCUT2D eigenvalue weighted by Gasteiger charge is 2.04. The monoisotopic (exact) mass is 115 g/mol.